The second kappa shape index (κ2) is 6.37. The minimum atomic E-state index is -0.814. The SMILES string of the molecule is COc1cc(Br)ccc1OCCCC(=O)O. The van der Waals surface area contributed by atoms with E-state index in [0.29, 0.717) is 24.5 Å². The largest absolute Gasteiger partial charge is 0.493 e. The molecule has 1 N–H and O–H groups in total. The zero-order valence-electron chi connectivity index (χ0n) is 8.90. The second-order valence-corrected chi connectivity index (χ2v) is 4.06. The van der Waals surface area contributed by atoms with Crippen LogP contribution in [0.25, 0.3) is 0 Å². The van der Waals surface area contributed by atoms with E-state index < -0.39 is 5.97 Å². The number of rotatable bonds is 6. The average Bonchev–Trinajstić information content (AvgIpc) is 2.25. The Morgan fingerprint density at radius 3 is 2.81 bits per heavy atom. The van der Waals surface area contributed by atoms with Crippen molar-refractivity contribution in [3.05, 3.63) is 22.7 Å². The molecular formula is C11H13BrO4. The van der Waals surface area contributed by atoms with E-state index in [0.717, 1.165) is 4.47 Å². The Morgan fingerprint density at radius 2 is 2.19 bits per heavy atom. The number of carbonyl (C=O) groups is 1. The molecule has 0 aliphatic carbocycles. The van der Waals surface area contributed by atoms with Crippen molar-refractivity contribution < 1.29 is 19.4 Å². The topological polar surface area (TPSA) is 55.8 Å². The summed E-state index contributed by atoms with van der Waals surface area (Å²) >= 11 is 3.32. The zero-order chi connectivity index (χ0) is 12.0. The van der Waals surface area contributed by atoms with Crippen molar-refractivity contribution in [3.8, 4) is 11.5 Å². The number of hydrogen-bond acceptors (Lipinski definition) is 3. The number of ether oxygens (including phenoxy) is 2. The molecule has 0 unspecified atom stereocenters. The van der Waals surface area contributed by atoms with Crippen molar-refractivity contribution in [2.45, 2.75) is 12.8 Å². The van der Waals surface area contributed by atoms with Crippen LogP contribution in [-0.2, 0) is 4.79 Å². The van der Waals surface area contributed by atoms with Crippen molar-refractivity contribution in [3.63, 3.8) is 0 Å². The van der Waals surface area contributed by atoms with Gasteiger partial charge in [0, 0.05) is 10.9 Å². The molecule has 0 fully saturated rings. The van der Waals surface area contributed by atoms with E-state index in [1.54, 1.807) is 19.2 Å². The summed E-state index contributed by atoms with van der Waals surface area (Å²) in [6, 6.07) is 5.42. The highest BCUT2D eigenvalue weighted by Gasteiger charge is 2.05. The third-order valence-corrected chi connectivity index (χ3v) is 2.41. The number of aliphatic carboxylic acids is 1. The average molecular weight is 289 g/mol. The lowest BCUT2D eigenvalue weighted by molar-refractivity contribution is -0.137. The highest BCUT2D eigenvalue weighted by Crippen LogP contribution is 2.30. The molecule has 0 bridgehead atoms. The molecule has 0 saturated heterocycles. The molecule has 1 aromatic rings. The number of methoxy groups -OCH3 is 1. The maximum Gasteiger partial charge on any atom is 0.303 e. The summed E-state index contributed by atoms with van der Waals surface area (Å²) in [7, 11) is 1.56. The van der Waals surface area contributed by atoms with Gasteiger partial charge in [-0.15, -0.1) is 0 Å². The predicted octanol–water partition coefficient (Wildman–Crippen LogP) is 2.70. The van der Waals surface area contributed by atoms with Gasteiger partial charge in [-0.25, -0.2) is 0 Å². The fourth-order valence-corrected chi connectivity index (χ4v) is 1.51. The first-order chi connectivity index (χ1) is 7.63. The first-order valence-electron chi connectivity index (χ1n) is 4.81. The summed E-state index contributed by atoms with van der Waals surface area (Å²) in [6.45, 7) is 0.365. The van der Waals surface area contributed by atoms with Crippen molar-refractivity contribution in [2.75, 3.05) is 13.7 Å². The first-order valence-corrected chi connectivity index (χ1v) is 5.61. The van der Waals surface area contributed by atoms with E-state index in [4.69, 9.17) is 14.6 Å². The molecule has 1 aromatic carbocycles. The highest BCUT2D eigenvalue weighted by atomic mass is 79.9. The van der Waals surface area contributed by atoms with Gasteiger partial charge < -0.3 is 14.6 Å². The van der Waals surface area contributed by atoms with Gasteiger partial charge >= 0.3 is 5.97 Å². The van der Waals surface area contributed by atoms with E-state index in [-0.39, 0.29) is 6.42 Å². The molecule has 5 heteroatoms. The zero-order valence-corrected chi connectivity index (χ0v) is 10.5. The predicted molar refractivity (Wildman–Crippen MR) is 63.1 cm³/mol. The van der Waals surface area contributed by atoms with Gasteiger partial charge in [-0.1, -0.05) is 15.9 Å². The summed E-state index contributed by atoms with van der Waals surface area (Å²) in [5.74, 6) is 0.437. The first kappa shape index (κ1) is 12.8. The molecular weight excluding hydrogens is 276 g/mol. The monoisotopic (exact) mass is 288 g/mol. The van der Waals surface area contributed by atoms with E-state index in [1.807, 2.05) is 6.07 Å². The molecule has 0 amide bonds. The Morgan fingerprint density at radius 1 is 1.44 bits per heavy atom. The molecule has 1 rings (SSSR count). The number of benzene rings is 1. The van der Waals surface area contributed by atoms with E-state index in [9.17, 15) is 4.79 Å². The molecule has 88 valence electrons. The molecule has 0 radical (unpaired) electrons. The lowest BCUT2D eigenvalue weighted by atomic mass is 10.3. The third-order valence-electron chi connectivity index (χ3n) is 1.92. The fourth-order valence-electron chi connectivity index (χ4n) is 1.17. The minimum Gasteiger partial charge on any atom is -0.493 e. The standard InChI is InChI=1S/C11H13BrO4/c1-15-10-7-8(12)4-5-9(10)16-6-2-3-11(13)14/h4-5,7H,2-3,6H2,1H3,(H,13,14). The smallest absolute Gasteiger partial charge is 0.303 e. The van der Waals surface area contributed by atoms with Gasteiger partial charge in [0.05, 0.1) is 13.7 Å². The van der Waals surface area contributed by atoms with E-state index in [1.165, 1.54) is 0 Å². The molecule has 16 heavy (non-hydrogen) atoms. The lowest BCUT2D eigenvalue weighted by Crippen LogP contribution is -2.03. The summed E-state index contributed by atoms with van der Waals surface area (Å²) in [4.78, 5) is 10.3. The number of halogens is 1. The van der Waals surface area contributed by atoms with Gasteiger partial charge in [-0.3, -0.25) is 4.79 Å². The Bertz CT molecular complexity index is 365. The molecule has 0 saturated carbocycles. The van der Waals surface area contributed by atoms with Crippen molar-refractivity contribution in [2.24, 2.45) is 0 Å². The maximum absolute atomic E-state index is 10.3. The van der Waals surface area contributed by atoms with Crippen LogP contribution in [0, 0.1) is 0 Å². The van der Waals surface area contributed by atoms with Crippen LogP contribution in [0.3, 0.4) is 0 Å². The molecule has 0 spiro atoms. The van der Waals surface area contributed by atoms with Crippen LogP contribution in [0.4, 0.5) is 0 Å². The third kappa shape index (κ3) is 4.10. The van der Waals surface area contributed by atoms with Gasteiger partial charge in [0.15, 0.2) is 11.5 Å². The van der Waals surface area contributed by atoms with Gasteiger partial charge in [-0.05, 0) is 24.6 Å². The fraction of sp³-hybridized carbons (Fsp3) is 0.364. The minimum absolute atomic E-state index is 0.110. The van der Waals surface area contributed by atoms with Crippen molar-refractivity contribution in [1.29, 1.82) is 0 Å². The van der Waals surface area contributed by atoms with Crippen LogP contribution < -0.4 is 9.47 Å². The van der Waals surface area contributed by atoms with E-state index in [2.05, 4.69) is 15.9 Å². The molecule has 0 aliphatic heterocycles. The van der Waals surface area contributed by atoms with Gasteiger partial charge in [-0.2, -0.15) is 0 Å². The summed E-state index contributed by atoms with van der Waals surface area (Å²) in [6.07, 6.45) is 0.591. The van der Waals surface area contributed by atoms with Crippen LogP contribution in [0.2, 0.25) is 0 Å². The normalized spacial score (nSPS) is 9.88. The highest BCUT2D eigenvalue weighted by molar-refractivity contribution is 9.10. The van der Waals surface area contributed by atoms with Crippen LogP contribution in [0.15, 0.2) is 22.7 Å². The second-order valence-electron chi connectivity index (χ2n) is 3.14. The summed E-state index contributed by atoms with van der Waals surface area (Å²) in [5, 5.41) is 8.46. The number of hydrogen-bond donors (Lipinski definition) is 1. The molecule has 0 aromatic heterocycles. The van der Waals surface area contributed by atoms with Crippen molar-refractivity contribution >= 4 is 21.9 Å². The summed E-state index contributed by atoms with van der Waals surface area (Å²) in [5.41, 5.74) is 0. The Labute approximate surface area is 102 Å². The quantitative estimate of drug-likeness (QED) is 0.818. The number of carboxylic acid groups (broad SMARTS) is 1. The van der Waals surface area contributed by atoms with E-state index >= 15 is 0 Å². The molecule has 4 nitrogen and oxygen atoms in total. The van der Waals surface area contributed by atoms with Gasteiger partial charge in [0.25, 0.3) is 0 Å². The van der Waals surface area contributed by atoms with Crippen LogP contribution in [0.1, 0.15) is 12.8 Å². The van der Waals surface area contributed by atoms with Gasteiger partial charge in [0.2, 0.25) is 0 Å². The van der Waals surface area contributed by atoms with Crippen LogP contribution in [0.5, 0.6) is 11.5 Å². The lowest BCUT2D eigenvalue weighted by Gasteiger charge is -2.10. The Hall–Kier alpha value is -1.23. The molecule has 0 heterocycles. The molecule has 0 aliphatic rings. The molecule has 0 atom stereocenters. The van der Waals surface area contributed by atoms with Crippen LogP contribution >= 0.6 is 15.9 Å². The van der Waals surface area contributed by atoms with Crippen molar-refractivity contribution in [1.82, 2.24) is 0 Å². The Balaban J connectivity index is 2.50. The van der Waals surface area contributed by atoms with Gasteiger partial charge in [0.1, 0.15) is 0 Å². The van der Waals surface area contributed by atoms with Crippen LogP contribution in [-0.4, -0.2) is 24.8 Å². The maximum atomic E-state index is 10.3. The Kier molecular flexibility index (Phi) is 5.11. The summed E-state index contributed by atoms with van der Waals surface area (Å²) < 4.78 is 11.5. The number of carboxylic acids is 1.